The Bertz CT molecular complexity index is 565. The number of nitrogens with two attached hydrogens (primary N) is 1. The minimum Gasteiger partial charge on any atom is -0.390 e. The van der Waals surface area contributed by atoms with Gasteiger partial charge in [-0.25, -0.2) is 9.98 Å². The van der Waals surface area contributed by atoms with Crippen molar-refractivity contribution in [3.05, 3.63) is 48.4 Å². The van der Waals surface area contributed by atoms with E-state index in [1.807, 2.05) is 31.2 Å². The SMILES string of the molecule is C=C(Nc1ccc(C)cc1)c1[nH]cnc1/N=C\N. The van der Waals surface area contributed by atoms with Crippen LogP contribution in [0.4, 0.5) is 11.5 Å². The standard InChI is InChI=1S/C13H15N5/c1-9-3-5-11(6-4-9)18-10(2)12-13(15-7-14)17-8-16-12/h3-8,18H,2H2,1H3,(H2,14,15)(H,16,17). The van der Waals surface area contributed by atoms with Crippen LogP contribution in [0.15, 0.2) is 42.2 Å². The number of imidazole rings is 1. The highest BCUT2D eigenvalue weighted by molar-refractivity contribution is 5.78. The molecule has 18 heavy (non-hydrogen) atoms. The molecule has 2 aromatic rings. The van der Waals surface area contributed by atoms with Gasteiger partial charge in [0, 0.05) is 5.69 Å². The zero-order chi connectivity index (χ0) is 13.0. The van der Waals surface area contributed by atoms with Gasteiger partial charge >= 0.3 is 0 Å². The Labute approximate surface area is 105 Å². The van der Waals surface area contributed by atoms with Crippen molar-refractivity contribution in [3.8, 4) is 0 Å². The number of aromatic nitrogens is 2. The van der Waals surface area contributed by atoms with Crippen LogP contribution in [0.2, 0.25) is 0 Å². The van der Waals surface area contributed by atoms with E-state index in [1.54, 1.807) is 6.33 Å². The van der Waals surface area contributed by atoms with Crippen molar-refractivity contribution in [2.24, 2.45) is 10.7 Å². The Balaban J connectivity index is 2.16. The highest BCUT2D eigenvalue weighted by atomic mass is 15.0. The van der Waals surface area contributed by atoms with Crippen molar-refractivity contribution < 1.29 is 0 Å². The third kappa shape index (κ3) is 2.57. The van der Waals surface area contributed by atoms with E-state index in [1.165, 1.54) is 11.9 Å². The minimum absolute atomic E-state index is 0.516. The molecule has 0 saturated carbocycles. The number of hydrogen-bond donors (Lipinski definition) is 3. The van der Waals surface area contributed by atoms with Gasteiger partial charge in [0.25, 0.3) is 0 Å². The molecule has 1 aromatic heterocycles. The zero-order valence-electron chi connectivity index (χ0n) is 10.1. The predicted octanol–water partition coefficient (Wildman–Crippen LogP) is 2.42. The molecule has 5 nitrogen and oxygen atoms in total. The van der Waals surface area contributed by atoms with Crippen molar-refractivity contribution in [2.75, 3.05) is 5.32 Å². The number of hydrogen-bond acceptors (Lipinski definition) is 3. The van der Waals surface area contributed by atoms with Crippen LogP contribution in [0.3, 0.4) is 0 Å². The molecule has 0 radical (unpaired) electrons. The Morgan fingerprint density at radius 1 is 1.44 bits per heavy atom. The van der Waals surface area contributed by atoms with Crippen molar-refractivity contribution in [1.82, 2.24) is 9.97 Å². The summed E-state index contributed by atoms with van der Waals surface area (Å²) in [6, 6.07) is 8.04. The number of aromatic amines is 1. The van der Waals surface area contributed by atoms with E-state index in [0.29, 0.717) is 11.5 Å². The molecule has 0 fully saturated rings. The second-order valence-electron chi connectivity index (χ2n) is 3.85. The Morgan fingerprint density at radius 3 is 2.83 bits per heavy atom. The monoisotopic (exact) mass is 241 g/mol. The van der Waals surface area contributed by atoms with Gasteiger partial charge in [-0.2, -0.15) is 0 Å². The molecule has 1 aromatic carbocycles. The van der Waals surface area contributed by atoms with E-state index >= 15 is 0 Å². The van der Waals surface area contributed by atoms with Gasteiger partial charge < -0.3 is 16.0 Å². The van der Waals surface area contributed by atoms with Gasteiger partial charge in [0.1, 0.15) is 5.69 Å². The van der Waals surface area contributed by atoms with Crippen molar-refractivity contribution in [1.29, 1.82) is 0 Å². The van der Waals surface area contributed by atoms with Gasteiger partial charge in [-0.3, -0.25) is 0 Å². The molecule has 0 bridgehead atoms. The summed E-state index contributed by atoms with van der Waals surface area (Å²) in [6.07, 6.45) is 2.76. The summed E-state index contributed by atoms with van der Waals surface area (Å²) in [5.74, 6) is 0.516. The molecule has 0 amide bonds. The number of nitrogens with one attached hydrogen (secondary N) is 2. The maximum atomic E-state index is 5.26. The molecule has 0 unspecified atom stereocenters. The van der Waals surface area contributed by atoms with E-state index in [-0.39, 0.29) is 0 Å². The number of H-pyrrole nitrogens is 1. The Hall–Kier alpha value is -2.56. The number of benzene rings is 1. The van der Waals surface area contributed by atoms with E-state index in [0.717, 1.165) is 11.4 Å². The van der Waals surface area contributed by atoms with Crippen LogP contribution in [-0.2, 0) is 0 Å². The number of aliphatic imine (C=N–C) groups is 1. The smallest absolute Gasteiger partial charge is 0.180 e. The summed E-state index contributed by atoms with van der Waals surface area (Å²) in [6.45, 7) is 6.00. The van der Waals surface area contributed by atoms with Gasteiger partial charge in [-0.05, 0) is 19.1 Å². The summed E-state index contributed by atoms with van der Waals surface area (Å²) in [7, 11) is 0. The largest absolute Gasteiger partial charge is 0.390 e. The first kappa shape index (κ1) is 11.9. The molecule has 0 atom stereocenters. The van der Waals surface area contributed by atoms with Crippen LogP contribution in [-0.4, -0.2) is 16.3 Å². The summed E-state index contributed by atoms with van der Waals surface area (Å²) < 4.78 is 0. The van der Waals surface area contributed by atoms with Crippen LogP contribution in [0, 0.1) is 6.92 Å². The lowest BCUT2D eigenvalue weighted by Gasteiger charge is -2.08. The van der Waals surface area contributed by atoms with Crippen molar-refractivity contribution in [3.63, 3.8) is 0 Å². The first-order chi connectivity index (χ1) is 8.70. The molecule has 2 rings (SSSR count). The van der Waals surface area contributed by atoms with Crippen LogP contribution < -0.4 is 11.1 Å². The third-order valence-electron chi connectivity index (χ3n) is 2.46. The van der Waals surface area contributed by atoms with Crippen LogP contribution in [0.25, 0.3) is 5.70 Å². The fraction of sp³-hybridized carbons (Fsp3) is 0.0769. The van der Waals surface area contributed by atoms with Crippen LogP contribution in [0.5, 0.6) is 0 Å². The number of rotatable bonds is 4. The molecule has 1 heterocycles. The normalized spacial score (nSPS) is 10.7. The number of nitrogens with zero attached hydrogens (tertiary/aromatic N) is 2. The maximum Gasteiger partial charge on any atom is 0.180 e. The van der Waals surface area contributed by atoms with Crippen LogP contribution >= 0.6 is 0 Å². The Morgan fingerprint density at radius 2 is 2.17 bits per heavy atom. The van der Waals surface area contributed by atoms with Gasteiger partial charge in [0.15, 0.2) is 5.82 Å². The average molecular weight is 241 g/mol. The molecule has 4 N–H and O–H groups in total. The van der Waals surface area contributed by atoms with E-state index in [4.69, 9.17) is 5.73 Å². The zero-order valence-corrected chi connectivity index (χ0v) is 10.1. The fourth-order valence-electron chi connectivity index (χ4n) is 1.55. The van der Waals surface area contributed by atoms with Crippen molar-refractivity contribution in [2.45, 2.75) is 6.92 Å². The Kier molecular flexibility index (Phi) is 3.43. The molecule has 5 heteroatoms. The van der Waals surface area contributed by atoms with E-state index in [9.17, 15) is 0 Å². The third-order valence-corrected chi connectivity index (χ3v) is 2.46. The average Bonchev–Trinajstić information content (AvgIpc) is 2.81. The molecule has 92 valence electrons. The summed E-state index contributed by atoms with van der Waals surface area (Å²) >= 11 is 0. The fourth-order valence-corrected chi connectivity index (χ4v) is 1.55. The lowest BCUT2D eigenvalue weighted by Crippen LogP contribution is -1.98. The topological polar surface area (TPSA) is 79.1 Å². The highest BCUT2D eigenvalue weighted by Crippen LogP contribution is 2.22. The van der Waals surface area contributed by atoms with Gasteiger partial charge in [-0.15, -0.1) is 0 Å². The summed E-state index contributed by atoms with van der Waals surface area (Å²) in [4.78, 5) is 11.0. The molecule has 0 aliphatic heterocycles. The molecule has 0 spiro atoms. The van der Waals surface area contributed by atoms with Crippen LogP contribution in [0.1, 0.15) is 11.3 Å². The van der Waals surface area contributed by atoms with Gasteiger partial charge in [-0.1, -0.05) is 24.3 Å². The highest BCUT2D eigenvalue weighted by Gasteiger charge is 2.07. The molecule has 0 aliphatic carbocycles. The predicted molar refractivity (Wildman–Crippen MR) is 74.8 cm³/mol. The second-order valence-corrected chi connectivity index (χ2v) is 3.85. The van der Waals surface area contributed by atoms with E-state index < -0.39 is 0 Å². The van der Waals surface area contributed by atoms with Gasteiger partial charge in [0.05, 0.1) is 18.4 Å². The molecule has 0 saturated heterocycles. The molecular weight excluding hydrogens is 226 g/mol. The quantitative estimate of drug-likeness (QED) is 0.568. The van der Waals surface area contributed by atoms with E-state index in [2.05, 4.69) is 26.9 Å². The first-order valence-corrected chi connectivity index (χ1v) is 5.51. The number of anilines is 1. The lowest BCUT2D eigenvalue weighted by molar-refractivity contribution is 1.29. The number of aryl methyl sites for hydroxylation is 1. The lowest BCUT2D eigenvalue weighted by atomic mass is 10.2. The summed E-state index contributed by atoms with van der Waals surface area (Å²) in [5, 5.41) is 3.19. The summed E-state index contributed by atoms with van der Waals surface area (Å²) in [5.41, 5.74) is 8.84. The van der Waals surface area contributed by atoms with Gasteiger partial charge in [0.2, 0.25) is 0 Å². The maximum absolute atomic E-state index is 5.26. The molecule has 0 aliphatic rings. The van der Waals surface area contributed by atoms with Crippen molar-refractivity contribution >= 4 is 23.5 Å². The minimum atomic E-state index is 0.516. The molecular formula is C13H15N5. The first-order valence-electron chi connectivity index (χ1n) is 5.51. The second kappa shape index (κ2) is 5.18.